The van der Waals surface area contributed by atoms with Gasteiger partial charge in [-0.1, -0.05) is 95.2 Å². The number of hydrazine groups is 2. The number of carbonyl (C=O) groups excluding carboxylic acids is 6. The van der Waals surface area contributed by atoms with E-state index in [9.17, 15) is 28.8 Å². The van der Waals surface area contributed by atoms with Crippen LogP contribution in [0.15, 0.2) is 109 Å². The molecule has 4 amide bonds. The molecule has 308 valence electrons. The fourth-order valence-electron chi connectivity index (χ4n) is 7.36. The first kappa shape index (κ1) is 42.3. The summed E-state index contributed by atoms with van der Waals surface area (Å²) in [6, 6.07) is 31.4. The molecule has 2 unspecified atom stereocenters. The summed E-state index contributed by atoms with van der Waals surface area (Å²) in [6.45, 7) is 4.05. The van der Waals surface area contributed by atoms with Crippen molar-refractivity contribution in [1.82, 2.24) is 0 Å². The topological polar surface area (TPSA) is 134 Å². The van der Waals surface area contributed by atoms with Crippen LogP contribution in [0.25, 0.3) is 0 Å². The van der Waals surface area contributed by atoms with Crippen molar-refractivity contribution in [3.63, 3.8) is 0 Å². The molecule has 4 aromatic carbocycles. The van der Waals surface area contributed by atoms with Gasteiger partial charge in [-0.15, -0.1) is 0 Å². The Morgan fingerprint density at radius 3 is 1.05 bits per heavy atom. The first-order valence-corrected chi connectivity index (χ1v) is 20.8. The maximum Gasteiger partial charge on any atom is 0.311 e. The van der Waals surface area contributed by atoms with Gasteiger partial charge in [0.05, 0.1) is 22.7 Å². The van der Waals surface area contributed by atoms with Crippen LogP contribution in [0.1, 0.15) is 97.3 Å². The molecule has 12 nitrogen and oxygen atoms in total. The summed E-state index contributed by atoms with van der Waals surface area (Å²) in [4.78, 5) is 78.9. The van der Waals surface area contributed by atoms with Crippen LogP contribution >= 0.6 is 0 Å². The predicted octanol–water partition coefficient (Wildman–Crippen LogP) is 9.13. The maximum absolute atomic E-state index is 13.5. The summed E-state index contributed by atoms with van der Waals surface area (Å²) in [5, 5.41) is 5.68. The van der Waals surface area contributed by atoms with Crippen LogP contribution in [0, 0.1) is 11.8 Å². The molecule has 0 aromatic heterocycles. The van der Waals surface area contributed by atoms with E-state index in [1.165, 1.54) is 20.0 Å². The summed E-state index contributed by atoms with van der Waals surface area (Å²) in [5.74, 6) is -2.57. The monoisotopic (exact) mass is 800 g/mol. The Hall–Kier alpha value is -6.30. The van der Waals surface area contributed by atoms with Gasteiger partial charge < -0.3 is 9.47 Å². The predicted molar refractivity (Wildman–Crippen MR) is 225 cm³/mol. The Labute approximate surface area is 345 Å². The number of carbonyl (C=O) groups is 6. The lowest BCUT2D eigenvalue weighted by Crippen LogP contribution is -2.41. The van der Waals surface area contributed by atoms with E-state index in [4.69, 9.17) is 9.47 Å². The van der Waals surface area contributed by atoms with Gasteiger partial charge in [0.1, 0.15) is 23.3 Å². The van der Waals surface area contributed by atoms with Gasteiger partial charge in [-0.25, -0.2) is 20.0 Å². The molecule has 0 spiro atoms. The van der Waals surface area contributed by atoms with Crippen molar-refractivity contribution in [2.24, 2.45) is 11.8 Å². The molecule has 2 atom stereocenters. The molecule has 2 saturated heterocycles. The van der Waals surface area contributed by atoms with E-state index in [1.54, 1.807) is 72.8 Å². The number of rotatable bonds is 20. The number of amides is 4. The number of para-hydroxylation sites is 2. The highest BCUT2D eigenvalue weighted by atomic mass is 16.5. The molecule has 2 heterocycles. The van der Waals surface area contributed by atoms with Crippen LogP contribution < -0.4 is 29.5 Å². The fourth-order valence-corrected chi connectivity index (χ4v) is 7.36. The summed E-state index contributed by atoms with van der Waals surface area (Å²) in [6.07, 6.45) is 8.42. The fraction of sp³-hybridized carbons (Fsp3) is 0.362. The number of hydrogen-bond acceptors (Lipinski definition) is 8. The van der Waals surface area contributed by atoms with Crippen LogP contribution in [0.3, 0.4) is 0 Å². The number of hydrogen-bond donors (Lipinski definition) is 0. The zero-order chi connectivity index (χ0) is 41.7. The Morgan fingerprint density at radius 2 is 0.729 bits per heavy atom. The molecule has 2 aliphatic rings. The molecule has 0 N–H and O–H groups in total. The Bertz CT molecular complexity index is 1930. The minimum Gasteiger partial charge on any atom is -0.427 e. The van der Waals surface area contributed by atoms with Gasteiger partial charge in [0.15, 0.2) is 0 Å². The van der Waals surface area contributed by atoms with E-state index in [0.717, 1.165) is 44.9 Å². The second-order valence-corrected chi connectivity index (χ2v) is 14.9. The van der Waals surface area contributed by atoms with Crippen molar-refractivity contribution in [1.29, 1.82) is 0 Å². The van der Waals surface area contributed by atoms with Gasteiger partial charge in [-0.05, 0) is 98.5 Å². The number of ether oxygens (including phenoxy) is 2. The quantitative estimate of drug-likeness (QED) is 0.0374. The molecule has 59 heavy (non-hydrogen) atoms. The normalized spacial score (nSPS) is 16.6. The SMILES string of the molecule is CCCCC1C(=O)N(c2ccccc2)N(c2ccc(OC(=O)CCCCCCCC(=O)Oc3ccc(N4C(=O)C(CCCC)C(=O)N4c4ccccc4)cc3)cc2)C1=O. The van der Waals surface area contributed by atoms with E-state index >= 15 is 0 Å². The molecule has 12 heteroatoms. The second-order valence-electron chi connectivity index (χ2n) is 14.9. The van der Waals surface area contributed by atoms with E-state index in [2.05, 4.69) is 0 Å². The average molecular weight is 801 g/mol. The highest BCUT2D eigenvalue weighted by molar-refractivity contribution is 6.23. The molecular weight excluding hydrogens is 749 g/mol. The minimum atomic E-state index is -0.744. The summed E-state index contributed by atoms with van der Waals surface area (Å²) in [5.41, 5.74) is 2.22. The lowest BCUT2D eigenvalue weighted by Gasteiger charge is -2.27. The van der Waals surface area contributed by atoms with Gasteiger partial charge in [0.25, 0.3) is 23.6 Å². The minimum absolute atomic E-state index is 0.236. The van der Waals surface area contributed by atoms with Crippen molar-refractivity contribution in [3.05, 3.63) is 109 Å². The van der Waals surface area contributed by atoms with Gasteiger partial charge in [-0.3, -0.25) is 28.8 Å². The van der Waals surface area contributed by atoms with E-state index in [0.29, 0.717) is 59.9 Å². The molecule has 0 bridgehead atoms. The van der Waals surface area contributed by atoms with Gasteiger partial charge in [0, 0.05) is 12.8 Å². The van der Waals surface area contributed by atoms with Gasteiger partial charge in [0.2, 0.25) is 0 Å². The molecule has 0 aliphatic carbocycles. The highest BCUT2D eigenvalue weighted by Gasteiger charge is 2.47. The van der Waals surface area contributed by atoms with Crippen LogP contribution in [-0.2, 0) is 28.8 Å². The Kier molecular flexibility index (Phi) is 14.6. The van der Waals surface area contributed by atoms with Crippen LogP contribution in [0.4, 0.5) is 22.7 Å². The van der Waals surface area contributed by atoms with Crippen molar-refractivity contribution < 1.29 is 38.2 Å². The van der Waals surface area contributed by atoms with Crippen LogP contribution in [0.2, 0.25) is 0 Å². The number of esters is 2. The first-order chi connectivity index (χ1) is 28.7. The van der Waals surface area contributed by atoms with Crippen molar-refractivity contribution in [2.45, 2.75) is 97.3 Å². The first-order valence-electron chi connectivity index (χ1n) is 20.8. The van der Waals surface area contributed by atoms with Crippen molar-refractivity contribution in [3.8, 4) is 11.5 Å². The third-order valence-electron chi connectivity index (χ3n) is 10.5. The summed E-state index contributed by atoms with van der Waals surface area (Å²) in [7, 11) is 0. The van der Waals surface area contributed by atoms with Crippen molar-refractivity contribution >= 4 is 58.3 Å². The van der Waals surface area contributed by atoms with Crippen molar-refractivity contribution in [2.75, 3.05) is 20.0 Å². The van der Waals surface area contributed by atoms with E-state index in [1.807, 2.05) is 50.2 Å². The van der Waals surface area contributed by atoms with E-state index in [-0.39, 0.29) is 48.4 Å². The number of benzene rings is 4. The molecule has 4 aromatic rings. The highest BCUT2D eigenvalue weighted by Crippen LogP contribution is 2.36. The molecular formula is C47H52N4O8. The molecule has 6 rings (SSSR count). The smallest absolute Gasteiger partial charge is 0.311 e. The Balaban J connectivity index is 0.909. The van der Waals surface area contributed by atoms with Crippen LogP contribution in [0.5, 0.6) is 11.5 Å². The number of nitrogens with zero attached hydrogens (tertiary/aromatic N) is 4. The number of unbranched alkanes of at least 4 members (excludes halogenated alkanes) is 6. The zero-order valence-electron chi connectivity index (χ0n) is 33.8. The third kappa shape index (κ3) is 10.2. The Morgan fingerprint density at radius 1 is 0.424 bits per heavy atom. The lowest BCUT2D eigenvalue weighted by atomic mass is 10.0. The zero-order valence-corrected chi connectivity index (χ0v) is 33.8. The largest absolute Gasteiger partial charge is 0.427 e. The van der Waals surface area contributed by atoms with Gasteiger partial charge in [-0.2, -0.15) is 0 Å². The number of anilines is 4. The summed E-state index contributed by atoms with van der Waals surface area (Å²) >= 11 is 0. The van der Waals surface area contributed by atoms with E-state index < -0.39 is 11.8 Å². The maximum atomic E-state index is 13.5. The third-order valence-corrected chi connectivity index (χ3v) is 10.5. The molecule has 2 aliphatic heterocycles. The molecule has 2 fully saturated rings. The standard InChI is InChI=1S/C47H52N4O8/c1-3-5-22-40-44(54)48(34-18-12-10-13-19-34)50(46(40)56)36-26-30-38(31-27-36)58-42(52)24-16-8-7-9-17-25-43(53)59-39-32-28-37(29-33-39)51-47(57)41(23-6-4-2)45(55)49(51)35-20-14-11-15-21-35/h10-15,18-21,26-33,40-41H,3-9,16-17,22-25H2,1-2H3. The van der Waals surface area contributed by atoms with Gasteiger partial charge >= 0.3 is 11.9 Å². The molecule has 0 radical (unpaired) electrons. The lowest BCUT2D eigenvalue weighted by molar-refractivity contribution is -0.135. The second kappa shape index (κ2) is 20.4. The van der Waals surface area contributed by atoms with Crippen LogP contribution in [-0.4, -0.2) is 35.6 Å². The average Bonchev–Trinajstić information content (AvgIpc) is 3.65. The molecule has 0 saturated carbocycles. The summed E-state index contributed by atoms with van der Waals surface area (Å²) < 4.78 is 11.1.